The molecule has 23 heavy (non-hydrogen) atoms. The van der Waals surface area contributed by atoms with E-state index < -0.39 is 23.4 Å². The van der Waals surface area contributed by atoms with Gasteiger partial charge >= 0.3 is 5.97 Å². The molecule has 9 heteroatoms. The van der Waals surface area contributed by atoms with Crippen LogP contribution in [-0.2, 0) is 14.3 Å². The molecule has 1 aromatic carbocycles. The van der Waals surface area contributed by atoms with E-state index in [2.05, 4.69) is 5.32 Å². The number of anilines is 1. The highest BCUT2D eigenvalue weighted by atomic mass is 16.6. The molecule has 9 nitrogen and oxygen atoms in total. The van der Waals surface area contributed by atoms with E-state index in [1.165, 1.54) is 12.1 Å². The Bertz CT molecular complexity index is 672. The third-order valence-corrected chi connectivity index (χ3v) is 3.40. The highest BCUT2D eigenvalue weighted by molar-refractivity contribution is 6.00. The molecule has 0 atom stereocenters. The molecule has 0 saturated carbocycles. The second kappa shape index (κ2) is 6.86. The number of hydrogen-bond donors (Lipinski definition) is 1. The summed E-state index contributed by atoms with van der Waals surface area (Å²) >= 11 is 0. The molecular weight excluding hydrogens is 306 g/mol. The molecule has 0 unspecified atom stereocenters. The fraction of sp³-hybridized carbons (Fsp3) is 0.357. The van der Waals surface area contributed by atoms with Crippen molar-refractivity contribution in [2.24, 2.45) is 0 Å². The smallest absolute Gasteiger partial charge is 0.341 e. The second-order valence-corrected chi connectivity index (χ2v) is 4.86. The molecule has 0 bridgehead atoms. The van der Waals surface area contributed by atoms with Gasteiger partial charge in [0.2, 0.25) is 5.91 Å². The first-order valence-electron chi connectivity index (χ1n) is 6.90. The molecule has 1 saturated heterocycles. The van der Waals surface area contributed by atoms with Crippen molar-refractivity contribution in [2.75, 3.05) is 25.5 Å². The van der Waals surface area contributed by atoms with Crippen LogP contribution in [0.2, 0.25) is 0 Å². The first-order chi connectivity index (χ1) is 10.9. The number of nitro groups is 1. The van der Waals surface area contributed by atoms with E-state index >= 15 is 0 Å². The second-order valence-electron chi connectivity index (χ2n) is 4.86. The fourth-order valence-corrected chi connectivity index (χ4v) is 2.23. The lowest BCUT2D eigenvalue weighted by atomic mass is 10.1. The van der Waals surface area contributed by atoms with Gasteiger partial charge in [0.1, 0.15) is 0 Å². The minimum Gasteiger partial charge on any atom is -0.452 e. The fourth-order valence-electron chi connectivity index (χ4n) is 2.23. The van der Waals surface area contributed by atoms with E-state index in [4.69, 9.17) is 4.74 Å². The van der Waals surface area contributed by atoms with E-state index in [0.717, 1.165) is 11.0 Å². The summed E-state index contributed by atoms with van der Waals surface area (Å²) in [4.78, 5) is 46.5. The van der Waals surface area contributed by atoms with Gasteiger partial charge in [-0.15, -0.1) is 0 Å². The molecule has 2 rings (SSSR count). The van der Waals surface area contributed by atoms with Crippen molar-refractivity contribution in [2.45, 2.75) is 12.8 Å². The number of esters is 1. The van der Waals surface area contributed by atoms with Gasteiger partial charge in [-0.3, -0.25) is 24.6 Å². The van der Waals surface area contributed by atoms with Gasteiger partial charge in [-0.2, -0.15) is 0 Å². The summed E-state index contributed by atoms with van der Waals surface area (Å²) in [6.07, 6.45) is 0.891. The maximum atomic E-state index is 12.1. The van der Waals surface area contributed by atoms with Crippen molar-refractivity contribution in [1.82, 2.24) is 4.90 Å². The Labute approximate surface area is 131 Å². The molecule has 1 heterocycles. The van der Waals surface area contributed by atoms with Crippen LogP contribution in [0.5, 0.6) is 0 Å². The van der Waals surface area contributed by atoms with Crippen LogP contribution in [0.4, 0.5) is 11.4 Å². The lowest BCUT2D eigenvalue weighted by molar-refractivity contribution is -0.384. The summed E-state index contributed by atoms with van der Waals surface area (Å²) in [7, 11) is 1.55. The van der Waals surface area contributed by atoms with Crippen molar-refractivity contribution in [3.63, 3.8) is 0 Å². The zero-order valence-corrected chi connectivity index (χ0v) is 12.4. The summed E-state index contributed by atoms with van der Waals surface area (Å²) in [6.45, 7) is -0.274. The number of amides is 2. The number of imide groups is 1. The number of nitrogens with one attached hydrogen (secondary N) is 1. The molecule has 0 aliphatic carbocycles. The average molecular weight is 321 g/mol. The van der Waals surface area contributed by atoms with Gasteiger partial charge in [-0.25, -0.2) is 4.79 Å². The van der Waals surface area contributed by atoms with Crippen molar-refractivity contribution in [3.05, 3.63) is 33.9 Å². The van der Waals surface area contributed by atoms with Gasteiger partial charge in [-0.05, 0) is 12.5 Å². The molecule has 1 aromatic rings. The highest BCUT2D eigenvalue weighted by Crippen LogP contribution is 2.22. The van der Waals surface area contributed by atoms with Gasteiger partial charge in [0.25, 0.3) is 11.6 Å². The molecule has 1 N–H and O–H groups in total. The van der Waals surface area contributed by atoms with Crippen LogP contribution in [0.15, 0.2) is 18.2 Å². The summed E-state index contributed by atoms with van der Waals surface area (Å²) in [5.41, 5.74) is 0.0181. The number of likely N-dealkylation sites (tertiary alicyclic amines) is 1. The Balaban J connectivity index is 2.08. The largest absolute Gasteiger partial charge is 0.452 e. The minimum atomic E-state index is -0.877. The number of non-ortho nitro benzene ring substituents is 1. The monoisotopic (exact) mass is 321 g/mol. The zero-order chi connectivity index (χ0) is 17.0. The molecule has 2 amide bonds. The van der Waals surface area contributed by atoms with Gasteiger partial charge in [0, 0.05) is 37.8 Å². The first-order valence-corrected chi connectivity index (χ1v) is 6.90. The lowest BCUT2D eigenvalue weighted by Crippen LogP contribution is -2.35. The Morgan fingerprint density at radius 3 is 2.74 bits per heavy atom. The molecule has 0 radical (unpaired) electrons. The Kier molecular flexibility index (Phi) is 4.89. The van der Waals surface area contributed by atoms with Crippen molar-refractivity contribution in [3.8, 4) is 0 Å². The number of rotatable bonds is 5. The number of hydrogen-bond acceptors (Lipinski definition) is 7. The van der Waals surface area contributed by atoms with Gasteiger partial charge in [-0.1, -0.05) is 0 Å². The molecule has 0 aromatic heterocycles. The number of nitro benzene ring substituents is 1. The summed E-state index contributed by atoms with van der Waals surface area (Å²) < 4.78 is 4.88. The van der Waals surface area contributed by atoms with E-state index in [9.17, 15) is 24.5 Å². The average Bonchev–Trinajstić information content (AvgIpc) is 2.97. The van der Waals surface area contributed by atoms with Crippen molar-refractivity contribution < 1.29 is 24.0 Å². The quantitative estimate of drug-likeness (QED) is 0.487. The first kappa shape index (κ1) is 16.4. The van der Waals surface area contributed by atoms with Crippen LogP contribution in [-0.4, -0.2) is 47.8 Å². The molecule has 1 aliphatic heterocycles. The zero-order valence-electron chi connectivity index (χ0n) is 12.4. The third-order valence-electron chi connectivity index (χ3n) is 3.40. The predicted molar refractivity (Wildman–Crippen MR) is 78.9 cm³/mol. The highest BCUT2D eigenvalue weighted by Gasteiger charge is 2.27. The summed E-state index contributed by atoms with van der Waals surface area (Å²) in [6, 6.07) is 3.69. The summed E-state index contributed by atoms with van der Waals surface area (Å²) in [5, 5.41) is 13.5. The third kappa shape index (κ3) is 3.62. The van der Waals surface area contributed by atoms with Crippen molar-refractivity contribution in [1.29, 1.82) is 0 Å². The predicted octanol–water partition coefficient (Wildman–Crippen LogP) is 0.942. The van der Waals surface area contributed by atoms with Gasteiger partial charge < -0.3 is 10.1 Å². The van der Waals surface area contributed by atoms with Crippen LogP contribution in [0.1, 0.15) is 23.2 Å². The molecular formula is C14H15N3O6. The van der Waals surface area contributed by atoms with Crippen molar-refractivity contribution >= 4 is 29.2 Å². The Morgan fingerprint density at radius 1 is 1.43 bits per heavy atom. The van der Waals surface area contributed by atoms with Crippen LogP contribution in [0.25, 0.3) is 0 Å². The Morgan fingerprint density at radius 2 is 2.17 bits per heavy atom. The van der Waals surface area contributed by atoms with Crippen LogP contribution >= 0.6 is 0 Å². The van der Waals surface area contributed by atoms with Crippen LogP contribution < -0.4 is 5.32 Å². The summed E-state index contributed by atoms with van der Waals surface area (Å²) in [5.74, 6) is -1.77. The van der Waals surface area contributed by atoms with E-state index in [1.54, 1.807) is 7.05 Å². The number of nitrogens with zero attached hydrogens (tertiary/aromatic N) is 2. The number of ether oxygens (including phenoxy) is 1. The topological polar surface area (TPSA) is 119 Å². The molecule has 122 valence electrons. The maximum absolute atomic E-state index is 12.1. The Hall–Kier alpha value is -2.97. The standard InChI is InChI=1S/C14H15N3O6/c1-15-11-5-4-9(17(21)22)7-10(11)14(20)23-8-13(19)16-6-2-3-12(16)18/h4-5,7,15H,2-3,6,8H2,1H3. The normalized spacial score (nSPS) is 13.8. The van der Waals surface area contributed by atoms with E-state index in [1.807, 2.05) is 0 Å². The number of carbonyl (C=O) groups excluding carboxylic acids is 3. The van der Waals surface area contributed by atoms with Gasteiger partial charge in [0.15, 0.2) is 6.61 Å². The van der Waals surface area contributed by atoms with E-state index in [-0.39, 0.29) is 17.2 Å². The van der Waals surface area contributed by atoms with E-state index in [0.29, 0.717) is 25.1 Å². The lowest BCUT2D eigenvalue weighted by Gasteiger charge is -2.14. The maximum Gasteiger partial charge on any atom is 0.341 e. The SMILES string of the molecule is CNc1ccc([N+](=O)[O-])cc1C(=O)OCC(=O)N1CCCC1=O. The molecule has 1 fully saturated rings. The number of carbonyl (C=O) groups is 3. The van der Waals surface area contributed by atoms with Gasteiger partial charge in [0.05, 0.1) is 10.5 Å². The number of benzene rings is 1. The molecule has 0 spiro atoms. The van der Waals surface area contributed by atoms with Crippen LogP contribution in [0.3, 0.4) is 0 Å². The molecule has 1 aliphatic rings. The minimum absolute atomic E-state index is 0.0535. The van der Waals surface area contributed by atoms with Crippen LogP contribution in [0, 0.1) is 10.1 Å².